The number of ether oxygens (including phenoxy) is 1. The Bertz CT molecular complexity index is 674. The maximum Gasteiger partial charge on any atom is 0.129 e. The first kappa shape index (κ1) is 16.1. The SMILES string of the molecule is Cc1c([C@H]2OCC[C@@H]2NCC(O)c2ccccc2F)cnn1C. The van der Waals surface area contributed by atoms with E-state index in [9.17, 15) is 9.50 Å². The van der Waals surface area contributed by atoms with Crippen molar-refractivity contribution in [2.75, 3.05) is 13.2 Å². The number of rotatable bonds is 5. The van der Waals surface area contributed by atoms with Gasteiger partial charge in [-0.3, -0.25) is 4.68 Å². The highest BCUT2D eigenvalue weighted by Crippen LogP contribution is 2.31. The van der Waals surface area contributed by atoms with Gasteiger partial charge in [-0.25, -0.2) is 4.39 Å². The van der Waals surface area contributed by atoms with Gasteiger partial charge in [0.1, 0.15) is 11.9 Å². The maximum atomic E-state index is 13.7. The third-order valence-corrected chi connectivity index (χ3v) is 4.51. The van der Waals surface area contributed by atoms with Gasteiger partial charge in [-0.2, -0.15) is 5.10 Å². The average molecular weight is 319 g/mol. The number of nitrogens with one attached hydrogen (secondary N) is 1. The lowest BCUT2D eigenvalue weighted by Crippen LogP contribution is -2.35. The number of aromatic nitrogens is 2. The van der Waals surface area contributed by atoms with Gasteiger partial charge in [0.2, 0.25) is 0 Å². The summed E-state index contributed by atoms with van der Waals surface area (Å²) in [5.41, 5.74) is 2.44. The van der Waals surface area contributed by atoms with E-state index in [-0.39, 0.29) is 24.5 Å². The Labute approximate surface area is 135 Å². The van der Waals surface area contributed by atoms with Crippen LogP contribution in [0.2, 0.25) is 0 Å². The molecule has 1 aliphatic heterocycles. The number of aliphatic hydroxyl groups excluding tert-OH is 1. The summed E-state index contributed by atoms with van der Waals surface area (Å²) in [6.45, 7) is 2.95. The monoisotopic (exact) mass is 319 g/mol. The van der Waals surface area contributed by atoms with E-state index >= 15 is 0 Å². The van der Waals surface area contributed by atoms with Crippen LogP contribution in [0, 0.1) is 12.7 Å². The first-order valence-electron chi connectivity index (χ1n) is 7.84. The number of hydrogen-bond acceptors (Lipinski definition) is 4. The fourth-order valence-corrected chi connectivity index (χ4v) is 3.02. The number of aliphatic hydroxyl groups is 1. The van der Waals surface area contributed by atoms with Crippen LogP contribution in [0.25, 0.3) is 0 Å². The number of hydrogen-bond donors (Lipinski definition) is 2. The number of nitrogens with zero attached hydrogens (tertiary/aromatic N) is 2. The number of aryl methyl sites for hydroxylation is 1. The molecule has 0 radical (unpaired) electrons. The van der Waals surface area contributed by atoms with Crippen molar-refractivity contribution in [1.82, 2.24) is 15.1 Å². The van der Waals surface area contributed by atoms with Gasteiger partial charge in [0.05, 0.1) is 12.3 Å². The Balaban J connectivity index is 1.65. The van der Waals surface area contributed by atoms with E-state index < -0.39 is 6.10 Å². The summed E-state index contributed by atoms with van der Waals surface area (Å²) in [6.07, 6.45) is 1.71. The van der Waals surface area contributed by atoms with Gasteiger partial charge in [-0.05, 0) is 19.4 Å². The van der Waals surface area contributed by atoms with Crippen LogP contribution in [-0.4, -0.2) is 34.1 Å². The smallest absolute Gasteiger partial charge is 0.129 e. The van der Waals surface area contributed by atoms with Crippen molar-refractivity contribution in [3.05, 3.63) is 53.1 Å². The van der Waals surface area contributed by atoms with E-state index in [4.69, 9.17) is 4.74 Å². The summed E-state index contributed by atoms with van der Waals surface area (Å²) in [5, 5.41) is 17.8. The van der Waals surface area contributed by atoms with Gasteiger partial charge in [0, 0.05) is 43.1 Å². The third-order valence-electron chi connectivity index (χ3n) is 4.51. The van der Waals surface area contributed by atoms with Crippen LogP contribution in [0.1, 0.15) is 35.4 Å². The lowest BCUT2D eigenvalue weighted by Gasteiger charge is -2.22. The molecule has 5 nitrogen and oxygen atoms in total. The van der Waals surface area contributed by atoms with Gasteiger partial charge in [0.15, 0.2) is 0 Å². The second-order valence-corrected chi connectivity index (χ2v) is 5.94. The molecule has 2 heterocycles. The standard InChI is InChI=1S/C17H22FN3O2/c1-11-13(9-20-21(11)2)17-15(7-8-23-17)19-10-16(22)12-5-3-4-6-14(12)18/h3-6,9,15-17,19,22H,7-8,10H2,1-2H3/t15-,16?,17+/m0/s1. The van der Waals surface area contributed by atoms with Crippen LogP contribution < -0.4 is 5.32 Å². The van der Waals surface area contributed by atoms with Crippen molar-refractivity contribution in [1.29, 1.82) is 0 Å². The lowest BCUT2D eigenvalue weighted by atomic mass is 10.0. The normalized spacial score (nSPS) is 22.4. The van der Waals surface area contributed by atoms with Crippen LogP contribution in [0.5, 0.6) is 0 Å². The Morgan fingerprint density at radius 3 is 2.96 bits per heavy atom. The summed E-state index contributed by atoms with van der Waals surface area (Å²) in [6, 6.07) is 6.39. The van der Waals surface area contributed by atoms with E-state index in [2.05, 4.69) is 10.4 Å². The zero-order valence-corrected chi connectivity index (χ0v) is 13.4. The summed E-state index contributed by atoms with van der Waals surface area (Å²) < 4.78 is 21.4. The topological polar surface area (TPSA) is 59.3 Å². The van der Waals surface area contributed by atoms with E-state index in [0.717, 1.165) is 17.7 Å². The first-order valence-corrected chi connectivity index (χ1v) is 7.84. The Hall–Kier alpha value is -1.76. The molecule has 0 spiro atoms. The van der Waals surface area contributed by atoms with Crippen LogP contribution in [0.4, 0.5) is 4.39 Å². The van der Waals surface area contributed by atoms with Crippen molar-refractivity contribution in [3.8, 4) is 0 Å². The Morgan fingerprint density at radius 2 is 2.26 bits per heavy atom. The highest BCUT2D eigenvalue weighted by atomic mass is 19.1. The summed E-state index contributed by atoms with van der Waals surface area (Å²) in [5.74, 6) is -0.385. The average Bonchev–Trinajstić information content (AvgIpc) is 3.13. The molecule has 0 bridgehead atoms. The zero-order valence-electron chi connectivity index (χ0n) is 13.4. The van der Waals surface area contributed by atoms with E-state index in [1.807, 2.05) is 24.9 Å². The third kappa shape index (κ3) is 3.29. The first-order chi connectivity index (χ1) is 11.1. The molecule has 1 fully saturated rings. The predicted molar refractivity (Wildman–Crippen MR) is 84.4 cm³/mol. The van der Waals surface area contributed by atoms with Gasteiger partial charge in [-0.15, -0.1) is 0 Å². The van der Waals surface area contributed by atoms with E-state index in [1.165, 1.54) is 6.07 Å². The predicted octanol–water partition coefficient (Wildman–Crippen LogP) is 2.02. The van der Waals surface area contributed by atoms with Crippen molar-refractivity contribution in [2.24, 2.45) is 7.05 Å². The van der Waals surface area contributed by atoms with Crippen molar-refractivity contribution in [2.45, 2.75) is 31.6 Å². The molecule has 6 heteroatoms. The van der Waals surface area contributed by atoms with Crippen LogP contribution in [-0.2, 0) is 11.8 Å². The van der Waals surface area contributed by atoms with E-state index in [1.54, 1.807) is 18.2 Å². The molecule has 3 rings (SSSR count). The van der Waals surface area contributed by atoms with Crippen LogP contribution in [0.15, 0.2) is 30.5 Å². The molecule has 1 saturated heterocycles. The van der Waals surface area contributed by atoms with Gasteiger partial charge in [-0.1, -0.05) is 18.2 Å². The van der Waals surface area contributed by atoms with E-state index in [0.29, 0.717) is 12.2 Å². The minimum absolute atomic E-state index is 0.0827. The highest BCUT2D eigenvalue weighted by molar-refractivity contribution is 5.22. The van der Waals surface area contributed by atoms with Gasteiger partial charge < -0.3 is 15.2 Å². The van der Waals surface area contributed by atoms with Crippen LogP contribution >= 0.6 is 0 Å². The van der Waals surface area contributed by atoms with Gasteiger partial charge in [0.25, 0.3) is 0 Å². The molecule has 2 aromatic rings. The van der Waals surface area contributed by atoms with Crippen LogP contribution in [0.3, 0.4) is 0 Å². The number of halogens is 1. The summed E-state index contributed by atoms with van der Waals surface area (Å²) in [7, 11) is 1.90. The van der Waals surface area contributed by atoms with Crippen molar-refractivity contribution < 1.29 is 14.2 Å². The molecule has 1 unspecified atom stereocenters. The van der Waals surface area contributed by atoms with Crippen molar-refractivity contribution in [3.63, 3.8) is 0 Å². The molecular formula is C17H22FN3O2. The molecule has 124 valence electrons. The quantitative estimate of drug-likeness (QED) is 0.885. The minimum atomic E-state index is -0.882. The zero-order chi connectivity index (χ0) is 16.4. The Morgan fingerprint density at radius 1 is 1.48 bits per heavy atom. The fraction of sp³-hybridized carbons (Fsp3) is 0.471. The molecule has 0 aliphatic carbocycles. The molecule has 0 amide bonds. The second-order valence-electron chi connectivity index (χ2n) is 5.94. The Kier molecular flexibility index (Phi) is 4.75. The molecular weight excluding hydrogens is 297 g/mol. The molecule has 23 heavy (non-hydrogen) atoms. The second kappa shape index (κ2) is 6.78. The number of benzene rings is 1. The summed E-state index contributed by atoms with van der Waals surface area (Å²) in [4.78, 5) is 0. The lowest BCUT2D eigenvalue weighted by molar-refractivity contribution is 0.0926. The largest absolute Gasteiger partial charge is 0.387 e. The molecule has 1 aliphatic rings. The summed E-state index contributed by atoms with van der Waals surface area (Å²) >= 11 is 0. The fourth-order valence-electron chi connectivity index (χ4n) is 3.02. The highest BCUT2D eigenvalue weighted by Gasteiger charge is 2.32. The van der Waals surface area contributed by atoms with Crippen molar-refractivity contribution >= 4 is 0 Å². The molecule has 2 N–H and O–H groups in total. The molecule has 3 atom stereocenters. The molecule has 0 saturated carbocycles. The maximum absolute atomic E-state index is 13.7. The van der Waals surface area contributed by atoms with Gasteiger partial charge >= 0.3 is 0 Å². The minimum Gasteiger partial charge on any atom is -0.387 e. The molecule has 1 aromatic heterocycles. The molecule has 1 aromatic carbocycles.